The molecule has 9 heteroatoms. The van der Waals surface area contributed by atoms with E-state index >= 15 is 0 Å². The van der Waals surface area contributed by atoms with E-state index in [4.69, 9.17) is 15.0 Å². The number of nitrogens with zero attached hydrogens (tertiary/aromatic N) is 4. The molecule has 0 amide bonds. The molecule has 1 aliphatic carbocycles. The Labute approximate surface area is 140 Å². The molecule has 0 spiro atoms. The molecule has 2 heterocycles. The van der Waals surface area contributed by atoms with Gasteiger partial charge in [-0.1, -0.05) is 11.2 Å². The molecule has 3 aromatic rings. The molecule has 4 rings (SSSR count). The second-order valence-corrected chi connectivity index (χ2v) is 5.73. The smallest absolute Gasteiger partial charge is 0.318 e. The SMILES string of the molecule is COc1ncc(-c2noc([C@@H]3C[C@H]3c3ccc(F)cc3F)n2)c(N)n1. The van der Waals surface area contributed by atoms with Crippen molar-refractivity contribution in [2.24, 2.45) is 0 Å². The predicted molar refractivity (Wildman–Crippen MR) is 82.7 cm³/mol. The molecule has 25 heavy (non-hydrogen) atoms. The van der Waals surface area contributed by atoms with Crippen molar-refractivity contribution in [3.05, 3.63) is 47.5 Å². The molecule has 0 unspecified atom stereocenters. The highest BCUT2D eigenvalue weighted by Gasteiger charge is 2.45. The Kier molecular flexibility index (Phi) is 3.56. The van der Waals surface area contributed by atoms with E-state index in [1.165, 1.54) is 25.4 Å². The van der Waals surface area contributed by atoms with Gasteiger partial charge in [0.1, 0.15) is 17.5 Å². The molecule has 2 atom stereocenters. The van der Waals surface area contributed by atoms with Gasteiger partial charge in [0.05, 0.1) is 12.7 Å². The fraction of sp³-hybridized carbons (Fsp3) is 0.250. The average molecular weight is 345 g/mol. The van der Waals surface area contributed by atoms with Gasteiger partial charge in [-0.05, 0) is 24.0 Å². The van der Waals surface area contributed by atoms with Crippen LogP contribution in [0.5, 0.6) is 6.01 Å². The maximum atomic E-state index is 13.9. The monoisotopic (exact) mass is 345 g/mol. The third-order valence-electron chi connectivity index (χ3n) is 4.13. The fourth-order valence-electron chi connectivity index (χ4n) is 2.76. The number of anilines is 1. The van der Waals surface area contributed by atoms with Gasteiger partial charge in [-0.2, -0.15) is 9.97 Å². The summed E-state index contributed by atoms with van der Waals surface area (Å²) in [5.41, 5.74) is 6.71. The maximum Gasteiger partial charge on any atom is 0.318 e. The van der Waals surface area contributed by atoms with Gasteiger partial charge in [0.15, 0.2) is 0 Å². The Morgan fingerprint density at radius 2 is 2.08 bits per heavy atom. The number of rotatable bonds is 4. The van der Waals surface area contributed by atoms with E-state index in [1.54, 1.807) is 0 Å². The molecule has 1 saturated carbocycles. The van der Waals surface area contributed by atoms with E-state index in [-0.39, 0.29) is 29.5 Å². The Morgan fingerprint density at radius 3 is 2.80 bits per heavy atom. The van der Waals surface area contributed by atoms with Crippen LogP contribution in [0.1, 0.15) is 29.7 Å². The lowest BCUT2D eigenvalue weighted by Crippen LogP contribution is -2.00. The van der Waals surface area contributed by atoms with E-state index in [2.05, 4.69) is 20.1 Å². The third-order valence-corrected chi connectivity index (χ3v) is 4.13. The number of halogens is 2. The summed E-state index contributed by atoms with van der Waals surface area (Å²) in [6.07, 6.45) is 2.10. The number of methoxy groups -OCH3 is 1. The van der Waals surface area contributed by atoms with Crippen molar-refractivity contribution in [1.82, 2.24) is 20.1 Å². The largest absolute Gasteiger partial charge is 0.467 e. The molecule has 2 aromatic heterocycles. The Balaban J connectivity index is 1.57. The first-order valence-corrected chi connectivity index (χ1v) is 7.52. The van der Waals surface area contributed by atoms with Crippen molar-refractivity contribution in [2.45, 2.75) is 18.3 Å². The number of hydrogen-bond acceptors (Lipinski definition) is 7. The van der Waals surface area contributed by atoms with Gasteiger partial charge in [-0.3, -0.25) is 0 Å². The quantitative estimate of drug-likeness (QED) is 0.776. The Morgan fingerprint density at radius 1 is 1.24 bits per heavy atom. The van der Waals surface area contributed by atoms with E-state index in [9.17, 15) is 8.78 Å². The normalized spacial score (nSPS) is 19.0. The molecule has 128 valence electrons. The van der Waals surface area contributed by atoms with Crippen molar-refractivity contribution in [3.63, 3.8) is 0 Å². The lowest BCUT2D eigenvalue weighted by molar-refractivity contribution is 0.377. The van der Waals surface area contributed by atoms with Gasteiger partial charge >= 0.3 is 6.01 Å². The number of ether oxygens (including phenoxy) is 1. The first-order valence-electron chi connectivity index (χ1n) is 7.52. The first kappa shape index (κ1) is 15.4. The van der Waals surface area contributed by atoms with Crippen molar-refractivity contribution in [3.8, 4) is 17.4 Å². The first-order chi connectivity index (χ1) is 12.1. The lowest BCUT2D eigenvalue weighted by atomic mass is 10.1. The highest BCUT2D eigenvalue weighted by Crippen LogP contribution is 2.54. The summed E-state index contributed by atoms with van der Waals surface area (Å²) in [4.78, 5) is 12.2. The Hall–Kier alpha value is -3.10. The van der Waals surface area contributed by atoms with Gasteiger partial charge in [-0.25, -0.2) is 13.8 Å². The van der Waals surface area contributed by atoms with Crippen LogP contribution in [0.15, 0.2) is 28.9 Å². The van der Waals surface area contributed by atoms with Crippen molar-refractivity contribution in [1.29, 1.82) is 0 Å². The summed E-state index contributed by atoms with van der Waals surface area (Å²) in [5.74, 6) is -0.607. The molecule has 1 aromatic carbocycles. The number of hydrogen-bond donors (Lipinski definition) is 1. The molecule has 0 aliphatic heterocycles. The van der Waals surface area contributed by atoms with Crippen molar-refractivity contribution in [2.75, 3.05) is 12.8 Å². The minimum Gasteiger partial charge on any atom is -0.467 e. The van der Waals surface area contributed by atoms with Gasteiger partial charge in [-0.15, -0.1) is 0 Å². The molecule has 2 N–H and O–H groups in total. The van der Waals surface area contributed by atoms with Gasteiger partial charge in [0.2, 0.25) is 11.7 Å². The van der Waals surface area contributed by atoms with Crippen LogP contribution < -0.4 is 10.5 Å². The maximum absolute atomic E-state index is 13.9. The molecular formula is C16H13F2N5O2. The Bertz CT molecular complexity index is 946. The van der Waals surface area contributed by atoms with Crippen LogP contribution in [0.3, 0.4) is 0 Å². The lowest BCUT2D eigenvalue weighted by Gasteiger charge is -2.01. The predicted octanol–water partition coefficient (Wildman–Crippen LogP) is 2.67. The fourth-order valence-corrected chi connectivity index (χ4v) is 2.76. The second-order valence-electron chi connectivity index (χ2n) is 5.73. The van der Waals surface area contributed by atoms with Crippen LogP contribution in [-0.2, 0) is 0 Å². The topological polar surface area (TPSA) is 100.0 Å². The highest BCUT2D eigenvalue weighted by atomic mass is 19.1. The van der Waals surface area contributed by atoms with Crippen LogP contribution in [0.4, 0.5) is 14.6 Å². The molecule has 0 radical (unpaired) electrons. The number of aromatic nitrogens is 4. The summed E-state index contributed by atoms with van der Waals surface area (Å²) in [7, 11) is 1.43. The summed E-state index contributed by atoms with van der Waals surface area (Å²) >= 11 is 0. The van der Waals surface area contributed by atoms with Crippen LogP contribution in [0, 0.1) is 11.6 Å². The van der Waals surface area contributed by atoms with Crippen LogP contribution >= 0.6 is 0 Å². The average Bonchev–Trinajstić information content (AvgIpc) is 3.22. The molecule has 7 nitrogen and oxygen atoms in total. The number of nitrogen functional groups attached to an aromatic ring is 1. The molecular weight excluding hydrogens is 332 g/mol. The number of nitrogens with two attached hydrogens (primary N) is 1. The van der Waals surface area contributed by atoms with Crippen LogP contribution in [0.2, 0.25) is 0 Å². The second kappa shape index (κ2) is 5.76. The summed E-state index contributed by atoms with van der Waals surface area (Å²) < 4.78 is 37.1. The zero-order valence-corrected chi connectivity index (χ0v) is 13.1. The van der Waals surface area contributed by atoms with E-state index in [0.717, 1.165) is 6.07 Å². The van der Waals surface area contributed by atoms with E-state index in [1.807, 2.05) is 0 Å². The van der Waals surface area contributed by atoms with Crippen LogP contribution in [-0.4, -0.2) is 27.2 Å². The summed E-state index contributed by atoms with van der Waals surface area (Å²) in [5, 5.41) is 3.89. The zero-order valence-electron chi connectivity index (χ0n) is 13.1. The summed E-state index contributed by atoms with van der Waals surface area (Å²) in [6, 6.07) is 3.70. The number of benzene rings is 1. The molecule has 1 fully saturated rings. The zero-order chi connectivity index (χ0) is 17.6. The van der Waals surface area contributed by atoms with Gasteiger partial charge in [0, 0.05) is 18.2 Å². The third kappa shape index (κ3) is 2.77. The molecule has 0 bridgehead atoms. The van der Waals surface area contributed by atoms with E-state index < -0.39 is 11.6 Å². The van der Waals surface area contributed by atoms with Crippen LogP contribution in [0.25, 0.3) is 11.4 Å². The minimum absolute atomic E-state index is 0.110. The van der Waals surface area contributed by atoms with Crippen molar-refractivity contribution >= 4 is 5.82 Å². The standard InChI is InChI=1S/C16H13F2N5O2/c1-24-16-20-6-11(13(19)21-16)14-22-15(25-23-14)10-5-9(10)8-3-2-7(17)4-12(8)18/h2-4,6,9-10H,5H2,1H3,(H2,19,20,21)/t9-,10+/m0/s1. The van der Waals surface area contributed by atoms with Gasteiger partial charge in [0.25, 0.3) is 0 Å². The van der Waals surface area contributed by atoms with Gasteiger partial charge < -0.3 is 15.0 Å². The van der Waals surface area contributed by atoms with E-state index in [0.29, 0.717) is 23.4 Å². The van der Waals surface area contributed by atoms with Crippen molar-refractivity contribution < 1.29 is 18.0 Å². The molecule has 1 aliphatic rings. The minimum atomic E-state index is -0.603. The summed E-state index contributed by atoms with van der Waals surface area (Å²) in [6.45, 7) is 0. The highest BCUT2D eigenvalue weighted by molar-refractivity contribution is 5.66. The molecule has 0 saturated heterocycles.